The molecule has 1 unspecified atom stereocenters. The van der Waals surface area contributed by atoms with Crippen molar-refractivity contribution < 1.29 is 14.3 Å². The largest absolute Gasteiger partial charge is 0.507 e. The Bertz CT molecular complexity index is 551. The number of carbonyl (C=O) groups is 1. The Morgan fingerprint density at radius 3 is 2.83 bits per heavy atom. The van der Waals surface area contributed by atoms with Gasteiger partial charge in [0.15, 0.2) is 0 Å². The van der Waals surface area contributed by atoms with Crippen LogP contribution < -0.4 is 5.32 Å². The van der Waals surface area contributed by atoms with E-state index in [2.05, 4.69) is 5.32 Å². The first kappa shape index (κ1) is 12.9. The van der Waals surface area contributed by atoms with Crippen LogP contribution in [0.5, 0.6) is 5.75 Å². The number of furan rings is 1. The molecule has 1 heterocycles. The Balaban J connectivity index is 2.10. The summed E-state index contributed by atoms with van der Waals surface area (Å²) in [7, 11) is 0. The van der Waals surface area contributed by atoms with Crippen molar-refractivity contribution in [3.05, 3.63) is 51.5 Å². The van der Waals surface area contributed by atoms with Gasteiger partial charge in [-0.3, -0.25) is 4.79 Å². The summed E-state index contributed by atoms with van der Waals surface area (Å²) in [5.41, 5.74) is 0.423. The molecule has 0 aliphatic carbocycles. The number of hydrogen-bond acceptors (Lipinski definition) is 3. The van der Waals surface area contributed by atoms with Crippen LogP contribution in [0.4, 0.5) is 0 Å². The zero-order chi connectivity index (χ0) is 13.1. The maximum atomic E-state index is 11.9. The van der Waals surface area contributed by atoms with Gasteiger partial charge < -0.3 is 14.8 Å². The average molecular weight is 357 g/mol. The molecule has 2 rings (SSSR count). The number of aromatic hydroxyl groups is 1. The Morgan fingerprint density at radius 2 is 2.22 bits per heavy atom. The summed E-state index contributed by atoms with van der Waals surface area (Å²) in [6.07, 6.45) is 1.56. The van der Waals surface area contributed by atoms with E-state index in [9.17, 15) is 9.90 Å². The zero-order valence-electron chi connectivity index (χ0n) is 9.68. The quantitative estimate of drug-likeness (QED) is 0.830. The lowest BCUT2D eigenvalue weighted by Crippen LogP contribution is -2.26. The number of phenols is 1. The number of nitrogens with one attached hydrogen (secondary N) is 1. The normalized spacial score (nSPS) is 12.1. The Labute approximate surface area is 118 Å². The van der Waals surface area contributed by atoms with Gasteiger partial charge in [0.1, 0.15) is 11.5 Å². The van der Waals surface area contributed by atoms with E-state index in [4.69, 9.17) is 4.42 Å². The molecular weight excluding hydrogens is 345 g/mol. The number of phenolic OH excluding ortho intramolecular Hbond substituents is 1. The average Bonchev–Trinajstić information content (AvgIpc) is 2.86. The summed E-state index contributed by atoms with van der Waals surface area (Å²) < 4.78 is 5.92. The first-order valence-corrected chi connectivity index (χ1v) is 6.48. The molecule has 1 aromatic carbocycles. The first-order valence-electron chi connectivity index (χ1n) is 5.40. The van der Waals surface area contributed by atoms with E-state index in [1.165, 1.54) is 6.07 Å². The fourth-order valence-electron chi connectivity index (χ4n) is 1.54. The van der Waals surface area contributed by atoms with Gasteiger partial charge in [0.2, 0.25) is 0 Å². The number of hydrogen-bond donors (Lipinski definition) is 2. The summed E-state index contributed by atoms with van der Waals surface area (Å²) in [6.45, 7) is 1.84. The second-order valence-corrected chi connectivity index (χ2v) is 5.04. The van der Waals surface area contributed by atoms with Crippen molar-refractivity contribution in [2.45, 2.75) is 13.0 Å². The van der Waals surface area contributed by atoms with Gasteiger partial charge in [-0.2, -0.15) is 0 Å². The lowest BCUT2D eigenvalue weighted by Gasteiger charge is -2.11. The van der Waals surface area contributed by atoms with Crippen LogP contribution in [-0.2, 0) is 0 Å². The monoisotopic (exact) mass is 357 g/mol. The molecular formula is C13H12INO3. The molecule has 94 valence electrons. The maximum absolute atomic E-state index is 11.9. The van der Waals surface area contributed by atoms with Crippen LogP contribution in [0.2, 0.25) is 0 Å². The topological polar surface area (TPSA) is 62.5 Å². The van der Waals surface area contributed by atoms with Gasteiger partial charge in [0.25, 0.3) is 5.91 Å². The third kappa shape index (κ3) is 2.84. The van der Waals surface area contributed by atoms with Gasteiger partial charge in [-0.1, -0.05) is 0 Å². The third-order valence-corrected chi connectivity index (χ3v) is 3.44. The standard InChI is InChI=1S/C13H12INO3/c1-8(12-3-2-6-18-12)15-13(17)9-4-5-10(14)11(16)7-9/h2-8,16H,1H3,(H,15,17). The molecule has 0 saturated heterocycles. The molecule has 0 spiro atoms. The summed E-state index contributed by atoms with van der Waals surface area (Å²) in [6, 6.07) is 8.18. The van der Waals surface area contributed by atoms with Gasteiger partial charge in [0, 0.05) is 5.56 Å². The van der Waals surface area contributed by atoms with Crippen molar-refractivity contribution >= 4 is 28.5 Å². The summed E-state index contributed by atoms with van der Waals surface area (Å²) >= 11 is 2.00. The van der Waals surface area contributed by atoms with E-state index in [0.29, 0.717) is 14.9 Å². The maximum Gasteiger partial charge on any atom is 0.251 e. The van der Waals surface area contributed by atoms with Gasteiger partial charge >= 0.3 is 0 Å². The van der Waals surface area contributed by atoms with Crippen LogP contribution in [0.3, 0.4) is 0 Å². The molecule has 2 N–H and O–H groups in total. The molecule has 5 heteroatoms. The number of amides is 1. The molecule has 0 bridgehead atoms. The van der Waals surface area contributed by atoms with Crippen molar-refractivity contribution in [1.82, 2.24) is 5.32 Å². The third-order valence-electron chi connectivity index (χ3n) is 2.53. The molecule has 0 saturated carbocycles. The summed E-state index contributed by atoms with van der Waals surface area (Å²) in [5, 5.41) is 12.4. The lowest BCUT2D eigenvalue weighted by molar-refractivity contribution is 0.0935. The molecule has 2 aromatic rings. The van der Waals surface area contributed by atoms with E-state index in [-0.39, 0.29) is 17.7 Å². The van der Waals surface area contributed by atoms with Gasteiger partial charge in [-0.05, 0) is 59.8 Å². The first-order chi connectivity index (χ1) is 8.58. The Kier molecular flexibility index (Phi) is 3.90. The van der Waals surface area contributed by atoms with E-state index in [1.54, 1.807) is 30.5 Å². The molecule has 0 aliphatic rings. The minimum absolute atomic E-state index is 0.105. The SMILES string of the molecule is CC(NC(=O)c1ccc(I)c(O)c1)c1ccco1. The van der Waals surface area contributed by atoms with Gasteiger partial charge in [-0.15, -0.1) is 0 Å². The number of benzene rings is 1. The van der Waals surface area contributed by atoms with Crippen LogP contribution in [0.15, 0.2) is 41.0 Å². The fraction of sp³-hybridized carbons (Fsp3) is 0.154. The lowest BCUT2D eigenvalue weighted by atomic mass is 10.2. The summed E-state index contributed by atoms with van der Waals surface area (Å²) in [5.74, 6) is 0.553. The minimum Gasteiger partial charge on any atom is -0.507 e. The number of rotatable bonds is 3. The molecule has 4 nitrogen and oxygen atoms in total. The van der Waals surface area contributed by atoms with Crippen molar-refractivity contribution in [3.8, 4) is 5.75 Å². The van der Waals surface area contributed by atoms with Crippen molar-refractivity contribution in [3.63, 3.8) is 0 Å². The second kappa shape index (κ2) is 5.43. The minimum atomic E-state index is -0.245. The molecule has 1 atom stereocenters. The molecule has 0 fully saturated rings. The molecule has 1 aromatic heterocycles. The van der Waals surface area contributed by atoms with Gasteiger partial charge in [-0.25, -0.2) is 0 Å². The van der Waals surface area contributed by atoms with E-state index in [0.717, 1.165) is 0 Å². The predicted octanol–water partition coefficient (Wildman–Crippen LogP) is 3.08. The highest BCUT2D eigenvalue weighted by molar-refractivity contribution is 14.1. The van der Waals surface area contributed by atoms with Crippen LogP contribution in [-0.4, -0.2) is 11.0 Å². The van der Waals surface area contributed by atoms with Gasteiger partial charge in [0.05, 0.1) is 15.9 Å². The highest BCUT2D eigenvalue weighted by Gasteiger charge is 2.14. The molecule has 1 amide bonds. The smallest absolute Gasteiger partial charge is 0.251 e. The second-order valence-electron chi connectivity index (χ2n) is 3.88. The van der Waals surface area contributed by atoms with Crippen LogP contribution in [0, 0.1) is 3.57 Å². The van der Waals surface area contributed by atoms with E-state index in [1.807, 2.05) is 29.5 Å². The number of halogens is 1. The molecule has 18 heavy (non-hydrogen) atoms. The van der Waals surface area contributed by atoms with Crippen molar-refractivity contribution in [1.29, 1.82) is 0 Å². The molecule has 0 radical (unpaired) electrons. The Hall–Kier alpha value is -1.50. The number of carbonyl (C=O) groups excluding carboxylic acids is 1. The molecule has 0 aliphatic heterocycles. The van der Waals surface area contributed by atoms with Crippen molar-refractivity contribution in [2.75, 3.05) is 0 Å². The van der Waals surface area contributed by atoms with Crippen LogP contribution >= 0.6 is 22.6 Å². The van der Waals surface area contributed by atoms with E-state index >= 15 is 0 Å². The van der Waals surface area contributed by atoms with Crippen molar-refractivity contribution in [2.24, 2.45) is 0 Å². The summed E-state index contributed by atoms with van der Waals surface area (Å²) in [4.78, 5) is 11.9. The highest BCUT2D eigenvalue weighted by atomic mass is 127. The van der Waals surface area contributed by atoms with E-state index < -0.39 is 0 Å². The van der Waals surface area contributed by atoms with Crippen LogP contribution in [0.25, 0.3) is 0 Å². The zero-order valence-corrected chi connectivity index (χ0v) is 11.8. The fourth-order valence-corrected chi connectivity index (χ4v) is 1.88. The van der Waals surface area contributed by atoms with Crippen LogP contribution in [0.1, 0.15) is 29.1 Å². The predicted molar refractivity (Wildman–Crippen MR) is 75.4 cm³/mol. The highest BCUT2D eigenvalue weighted by Crippen LogP contribution is 2.21. The Morgan fingerprint density at radius 1 is 1.44 bits per heavy atom.